The third kappa shape index (κ3) is 4.81. The predicted molar refractivity (Wildman–Crippen MR) is 109 cm³/mol. The number of carbonyl (C=O) groups is 2. The number of halogens is 3. The molecule has 2 aliphatic heterocycles. The number of ether oxygens (including phenoxy) is 2. The Morgan fingerprint density at radius 3 is 2.52 bits per heavy atom. The summed E-state index contributed by atoms with van der Waals surface area (Å²) in [5.74, 6) is -1.10. The Morgan fingerprint density at radius 1 is 1.09 bits per heavy atom. The van der Waals surface area contributed by atoms with Crippen LogP contribution in [0.25, 0.3) is 0 Å². The number of hydrogen-bond acceptors (Lipinski definition) is 5. The van der Waals surface area contributed by atoms with Crippen LogP contribution in [0, 0.1) is 5.92 Å². The lowest BCUT2D eigenvalue weighted by molar-refractivity contribution is -0.145. The molecule has 1 saturated heterocycles. The van der Waals surface area contributed by atoms with Gasteiger partial charge in [-0.15, -0.1) is 0 Å². The van der Waals surface area contributed by atoms with Crippen LogP contribution in [0.5, 0.6) is 5.75 Å². The van der Waals surface area contributed by atoms with Gasteiger partial charge in [-0.1, -0.05) is 24.3 Å². The standard InChI is InChI=1S/C23H23F3N2O5/c24-23(25,26)18-4-2-1-3-17(18)19-13-33-20-11-15(21(29)27-31)5-6-16(20)12-28(19)22(30)14-7-9-32-10-8-14/h1-6,11,14,19,31H,7-10,12-13H2,(H,27,29)/t19-/m0/s1. The van der Waals surface area contributed by atoms with Gasteiger partial charge in [-0.2, -0.15) is 13.2 Å². The predicted octanol–water partition coefficient (Wildman–Crippen LogP) is 3.71. The number of hydroxylamine groups is 1. The highest BCUT2D eigenvalue weighted by Gasteiger charge is 2.40. The van der Waals surface area contributed by atoms with Crippen molar-refractivity contribution in [2.75, 3.05) is 19.8 Å². The first kappa shape index (κ1) is 23.1. The van der Waals surface area contributed by atoms with Crippen molar-refractivity contribution in [3.63, 3.8) is 0 Å². The van der Waals surface area contributed by atoms with E-state index in [1.165, 1.54) is 40.7 Å². The van der Waals surface area contributed by atoms with Gasteiger partial charge in [0.05, 0.1) is 18.2 Å². The number of hydrogen-bond donors (Lipinski definition) is 2. The Labute approximate surface area is 188 Å². The summed E-state index contributed by atoms with van der Waals surface area (Å²) >= 11 is 0. The van der Waals surface area contributed by atoms with E-state index in [9.17, 15) is 22.8 Å². The summed E-state index contributed by atoms with van der Waals surface area (Å²) in [6.45, 7) is 0.629. The van der Waals surface area contributed by atoms with Gasteiger partial charge in [0, 0.05) is 30.3 Å². The van der Waals surface area contributed by atoms with Crippen molar-refractivity contribution in [3.8, 4) is 5.75 Å². The van der Waals surface area contributed by atoms with Crippen LogP contribution in [-0.4, -0.2) is 41.7 Å². The quantitative estimate of drug-likeness (QED) is 0.534. The average Bonchev–Trinajstić information content (AvgIpc) is 3.02. The molecule has 10 heteroatoms. The van der Waals surface area contributed by atoms with Crippen molar-refractivity contribution in [2.45, 2.75) is 31.6 Å². The fourth-order valence-electron chi connectivity index (χ4n) is 4.29. The van der Waals surface area contributed by atoms with Gasteiger partial charge in [0.15, 0.2) is 0 Å². The first-order valence-electron chi connectivity index (χ1n) is 10.5. The minimum atomic E-state index is -4.60. The number of nitrogens with one attached hydrogen (secondary N) is 1. The van der Waals surface area contributed by atoms with Crippen LogP contribution in [0.2, 0.25) is 0 Å². The third-order valence-electron chi connectivity index (χ3n) is 6.02. The summed E-state index contributed by atoms with van der Waals surface area (Å²) in [7, 11) is 0. The molecule has 0 saturated carbocycles. The van der Waals surface area contributed by atoms with Gasteiger partial charge < -0.3 is 14.4 Å². The molecule has 4 rings (SSSR count). The molecule has 1 fully saturated rings. The molecule has 2 aromatic rings. The number of rotatable bonds is 3. The summed E-state index contributed by atoms with van der Waals surface area (Å²) in [6.07, 6.45) is -3.62. The molecule has 2 aliphatic rings. The van der Waals surface area contributed by atoms with Gasteiger partial charge in [0.25, 0.3) is 5.91 Å². The van der Waals surface area contributed by atoms with Crippen molar-refractivity contribution < 1.29 is 37.4 Å². The van der Waals surface area contributed by atoms with Gasteiger partial charge in [-0.05, 0) is 36.6 Å². The largest absolute Gasteiger partial charge is 0.491 e. The number of amides is 2. The van der Waals surface area contributed by atoms with Crippen LogP contribution < -0.4 is 10.2 Å². The fraction of sp³-hybridized carbons (Fsp3) is 0.391. The minimum Gasteiger partial charge on any atom is -0.491 e. The van der Waals surface area contributed by atoms with Gasteiger partial charge in [0.1, 0.15) is 12.4 Å². The molecule has 33 heavy (non-hydrogen) atoms. The highest BCUT2D eigenvalue weighted by atomic mass is 19.4. The molecule has 0 spiro atoms. The zero-order valence-electron chi connectivity index (χ0n) is 17.6. The van der Waals surface area contributed by atoms with E-state index in [1.807, 2.05) is 0 Å². The highest BCUT2D eigenvalue weighted by molar-refractivity contribution is 5.93. The summed E-state index contributed by atoms with van der Waals surface area (Å²) in [5.41, 5.74) is 1.33. The second-order valence-electron chi connectivity index (χ2n) is 8.03. The van der Waals surface area contributed by atoms with Gasteiger partial charge in [-0.25, -0.2) is 5.48 Å². The summed E-state index contributed by atoms with van der Waals surface area (Å²) in [6, 6.07) is 8.61. The van der Waals surface area contributed by atoms with Crippen LogP contribution in [0.1, 0.15) is 45.9 Å². The van der Waals surface area contributed by atoms with E-state index in [0.29, 0.717) is 31.6 Å². The Morgan fingerprint density at radius 2 is 1.82 bits per heavy atom. The number of carbonyl (C=O) groups excluding carboxylic acids is 2. The molecule has 7 nitrogen and oxygen atoms in total. The summed E-state index contributed by atoms with van der Waals surface area (Å²) < 4.78 is 52.6. The third-order valence-corrected chi connectivity index (χ3v) is 6.02. The monoisotopic (exact) mass is 464 g/mol. The maximum absolute atomic E-state index is 13.8. The van der Waals surface area contributed by atoms with Crippen LogP contribution >= 0.6 is 0 Å². The molecule has 2 amide bonds. The summed E-state index contributed by atoms with van der Waals surface area (Å²) in [4.78, 5) is 26.7. The lowest BCUT2D eigenvalue weighted by Crippen LogP contribution is -2.42. The number of alkyl halides is 3. The molecule has 0 bridgehead atoms. The number of benzene rings is 2. The maximum atomic E-state index is 13.8. The van der Waals surface area contributed by atoms with Crippen molar-refractivity contribution in [1.29, 1.82) is 0 Å². The van der Waals surface area contributed by atoms with Crippen molar-refractivity contribution in [3.05, 3.63) is 64.7 Å². The van der Waals surface area contributed by atoms with Crippen LogP contribution in [0.4, 0.5) is 13.2 Å². The zero-order chi connectivity index (χ0) is 23.6. The molecular formula is C23H23F3N2O5. The van der Waals surface area contributed by atoms with E-state index < -0.39 is 23.7 Å². The summed E-state index contributed by atoms with van der Waals surface area (Å²) in [5, 5.41) is 8.89. The SMILES string of the molecule is O=C(NO)c1ccc2c(c1)OC[C@@H](c1ccccc1C(F)(F)F)N(C(=O)C1CCOCC1)C2. The Kier molecular flexibility index (Phi) is 6.57. The second-order valence-corrected chi connectivity index (χ2v) is 8.03. The van der Waals surface area contributed by atoms with E-state index in [0.717, 1.165) is 6.07 Å². The van der Waals surface area contributed by atoms with Gasteiger partial charge in [-0.3, -0.25) is 14.8 Å². The molecule has 0 radical (unpaired) electrons. The van der Waals surface area contributed by atoms with Crippen LogP contribution in [-0.2, 0) is 22.3 Å². The van der Waals surface area contributed by atoms with Gasteiger partial charge in [0.2, 0.25) is 5.91 Å². The number of fused-ring (bicyclic) bond motifs is 1. The van der Waals surface area contributed by atoms with Crippen LogP contribution in [0.15, 0.2) is 42.5 Å². The Balaban J connectivity index is 1.76. The Bertz CT molecular complexity index is 1040. The Hall–Kier alpha value is -3.11. The minimum absolute atomic E-state index is 0.0173. The molecule has 2 N–H and O–H groups in total. The molecule has 0 aromatic heterocycles. The van der Waals surface area contributed by atoms with E-state index >= 15 is 0 Å². The fourth-order valence-corrected chi connectivity index (χ4v) is 4.29. The lowest BCUT2D eigenvalue weighted by Gasteiger charge is -2.35. The molecular weight excluding hydrogens is 441 g/mol. The van der Waals surface area contributed by atoms with Crippen molar-refractivity contribution in [2.24, 2.45) is 5.92 Å². The first-order valence-corrected chi connectivity index (χ1v) is 10.5. The zero-order valence-corrected chi connectivity index (χ0v) is 17.6. The molecule has 1 atom stereocenters. The molecule has 0 unspecified atom stereocenters. The van der Waals surface area contributed by atoms with Crippen molar-refractivity contribution in [1.82, 2.24) is 10.4 Å². The van der Waals surface area contributed by atoms with E-state index in [4.69, 9.17) is 14.7 Å². The molecule has 2 heterocycles. The molecule has 2 aromatic carbocycles. The second kappa shape index (κ2) is 9.40. The molecule has 0 aliphatic carbocycles. The smallest absolute Gasteiger partial charge is 0.416 e. The highest BCUT2D eigenvalue weighted by Crippen LogP contribution is 2.40. The topological polar surface area (TPSA) is 88.1 Å². The maximum Gasteiger partial charge on any atom is 0.416 e. The van der Waals surface area contributed by atoms with Crippen LogP contribution in [0.3, 0.4) is 0 Å². The van der Waals surface area contributed by atoms with E-state index in [1.54, 1.807) is 6.07 Å². The molecule has 176 valence electrons. The first-order chi connectivity index (χ1) is 15.8. The normalized spacial score (nSPS) is 19.3. The van der Waals surface area contributed by atoms with Crippen molar-refractivity contribution >= 4 is 11.8 Å². The van der Waals surface area contributed by atoms with E-state index in [-0.39, 0.29) is 41.9 Å². The number of nitrogens with zero attached hydrogens (tertiary/aromatic N) is 1. The van der Waals surface area contributed by atoms with E-state index in [2.05, 4.69) is 0 Å². The lowest BCUT2D eigenvalue weighted by atomic mass is 9.94. The average molecular weight is 464 g/mol. The van der Waals surface area contributed by atoms with Gasteiger partial charge >= 0.3 is 6.18 Å².